The number of rotatable bonds is 7. The minimum atomic E-state index is 0. The predicted molar refractivity (Wildman–Crippen MR) is 166 cm³/mol. The lowest BCUT2D eigenvalue weighted by Crippen LogP contribution is -2.46. The van der Waals surface area contributed by atoms with E-state index in [-0.39, 0.29) is 37.2 Å². The number of benzene rings is 3. The Morgan fingerprint density at radius 1 is 0.868 bits per heavy atom. The first-order valence-electron chi connectivity index (χ1n) is 12.4. The van der Waals surface area contributed by atoms with Crippen LogP contribution in [0.15, 0.2) is 87.7 Å². The van der Waals surface area contributed by atoms with Gasteiger partial charge >= 0.3 is 0 Å². The van der Waals surface area contributed by atoms with Crippen LogP contribution in [0.5, 0.6) is 5.75 Å². The first-order chi connectivity index (χ1) is 17.2. The molecule has 1 saturated heterocycles. The Morgan fingerprint density at radius 2 is 1.53 bits per heavy atom. The van der Waals surface area contributed by atoms with Crippen LogP contribution in [-0.4, -0.2) is 74.4 Å². The van der Waals surface area contributed by atoms with Crippen molar-refractivity contribution < 1.29 is 4.74 Å². The SMILES string of the molecule is CN(C)CCOc1ccccc1C=NN1CCN(C2Cc3ccccc3Sc3ccccc32)CC1.Cl.Cl.Cl. The van der Waals surface area contributed by atoms with E-state index in [0.29, 0.717) is 12.6 Å². The van der Waals surface area contributed by atoms with Crippen molar-refractivity contribution >= 4 is 55.2 Å². The summed E-state index contributed by atoms with van der Waals surface area (Å²) < 4.78 is 6.00. The van der Waals surface area contributed by atoms with E-state index in [2.05, 4.69) is 83.5 Å². The van der Waals surface area contributed by atoms with Crippen LogP contribution in [0.2, 0.25) is 0 Å². The third-order valence-electron chi connectivity index (χ3n) is 6.69. The van der Waals surface area contributed by atoms with Crippen LogP contribution < -0.4 is 4.74 Å². The molecule has 0 saturated carbocycles. The number of ether oxygens (including phenoxy) is 1. The number of likely N-dealkylation sites (N-methyl/N-ethyl adjacent to an activating group) is 1. The molecule has 1 atom stereocenters. The summed E-state index contributed by atoms with van der Waals surface area (Å²) >= 11 is 1.91. The van der Waals surface area contributed by atoms with Crippen LogP contribution >= 0.6 is 49.0 Å². The summed E-state index contributed by atoms with van der Waals surface area (Å²) in [4.78, 5) is 7.54. The summed E-state index contributed by atoms with van der Waals surface area (Å²) in [7, 11) is 4.11. The van der Waals surface area contributed by atoms with Gasteiger partial charge in [-0.15, -0.1) is 37.2 Å². The Hall–Kier alpha value is -1.93. The van der Waals surface area contributed by atoms with Crippen molar-refractivity contribution in [2.24, 2.45) is 5.10 Å². The van der Waals surface area contributed by atoms with Gasteiger partial charge in [-0.05, 0) is 55.9 Å². The molecule has 0 amide bonds. The average Bonchev–Trinajstić information content (AvgIpc) is 3.05. The molecule has 0 aliphatic carbocycles. The van der Waals surface area contributed by atoms with Crippen molar-refractivity contribution in [1.29, 1.82) is 0 Å². The van der Waals surface area contributed by atoms with E-state index in [4.69, 9.17) is 9.84 Å². The molecule has 0 N–H and O–H groups in total. The fourth-order valence-electron chi connectivity index (χ4n) is 4.72. The molecule has 2 heterocycles. The molecule has 0 spiro atoms. The Balaban J connectivity index is 0.00000169. The summed E-state index contributed by atoms with van der Waals surface area (Å²) in [5, 5.41) is 7.02. The molecule has 206 valence electrons. The van der Waals surface area contributed by atoms with Crippen LogP contribution in [0.25, 0.3) is 0 Å². The van der Waals surface area contributed by atoms with E-state index in [1.165, 1.54) is 20.9 Å². The zero-order chi connectivity index (χ0) is 24.0. The monoisotopic (exact) mass is 594 g/mol. The van der Waals surface area contributed by atoms with Gasteiger partial charge in [0.2, 0.25) is 0 Å². The lowest BCUT2D eigenvalue weighted by atomic mass is 9.97. The minimum Gasteiger partial charge on any atom is -0.492 e. The maximum Gasteiger partial charge on any atom is 0.128 e. The van der Waals surface area contributed by atoms with Crippen molar-refractivity contribution in [3.05, 3.63) is 89.5 Å². The highest BCUT2D eigenvalue weighted by molar-refractivity contribution is 7.99. The number of halogens is 3. The number of fused-ring (bicyclic) bond motifs is 2. The summed E-state index contributed by atoms with van der Waals surface area (Å²) in [6, 6.07) is 26.3. The Morgan fingerprint density at radius 3 is 2.29 bits per heavy atom. The van der Waals surface area contributed by atoms with Gasteiger partial charge in [-0.2, -0.15) is 5.10 Å². The molecule has 2 aliphatic heterocycles. The highest BCUT2D eigenvalue weighted by Crippen LogP contribution is 2.42. The van der Waals surface area contributed by atoms with Crippen molar-refractivity contribution in [3.63, 3.8) is 0 Å². The van der Waals surface area contributed by atoms with Crippen molar-refractivity contribution in [3.8, 4) is 5.75 Å². The zero-order valence-electron chi connectivity index (χ0n) is 21.9. The minimum absolute atomic E-state index is 0. The Bertz CT molecular complexity index is 1170. The second-order valence-electron chi connectivity index (χ2n) is 9.39. The smallest absolute Gasteiger partial charge is 0.128 e. The number of hydrogen-bond donors (Lipinski definition) is 0. The first kappa shape index (κ1) is 32.3. The molecule has 0 radical (unpaired) electrons. The molecular formula is C29H37Cl3N4OS. The third-order valence-corrected chi connectivity index (χ3v) is 7.90. The van der Waals surface area contributed by atoms with Gasteiger partial charge in [-0.1, -0.05) is 60.3 Å². The van der Waals surface area contributed by atoms with Crippen LogP contribution in [0, 0.1) is 0 Å². The molecule has 38 heavy (non-hydrogen) atoms. The highest BCUT2D eigenvalue weighted by Gasteiger charge is 2.29. The lowest BCUT2D eigenvalue weighted by Gasteiger charge is -2.38. The molecule has 5 nitrogen and oxygen atoms in total. The molecule has 1 fully saturated rings. The van der Waals surface area contributed by atoms with E-state index < -0.39 is 0 Å². The van der Waals surface area contributed by atoms with Crippen LogP contribution in [0.1, 0.15) is 22.7 Å². The Kier molecular flexibility index (Phi) is 13.3. The third kappa shape index (κ3) is 8.04. The number of hydrogen-bond acceptors (Lipinski definition) is 6. The number of piperazine rings is 1. The molecule has 0 bridgehead atoms. The summed E-state index contributed by atoms with van der Waals surface area (Å²) in [6.07, 6.45) is 3.01. The van der Waals surface area contributed by atoms with Gasteiger partial charge in [0.05, 0.1) is 6.21 Å². The van der Waals surface area contributed by atoms with Gasteiger partial charge in [0.15, 0.2) is 0 Å². The Labute approximate surface area is 249 Å². The molecule has 3 aromatic carbocycles. The molecular weight excluding hydrogens is 559 g/mol. The lowest BCUT2D eigenvalue weighted by molar-refractivity contribution is 0.0970. The van der Waals surface area contributed by atoms with Crippen molar-refractivity contribution in [2.45, 2.75) is 22.3 Å². The van der Waals surface area contributed by atoms with Gasteiger partial charge in [-0.25, -0.2) is 0 Å². The summed E-state index contributed by atoms with van der Waals surface area (Å²) in [6.45, 7) is 5.41. The van der Waals surface area contributed by atoms with E-state index in [0.717, 1.165) is 50.5 Å². The summed E-state index contributed by atoms with van der Waals surface area (Å²) in [5.74, 6) is 0.892. The van der Waals surface area contributed by atoms with Gasteiger partial charge < -0.3 is 9.64 Å². The average molecular weight is 596 g/mol. The van der Waals surface area contributed by atoms with E-state index in [1.807, 2.05) is 36.2 Å². The quantitative estimate of drug-likeness (QED) is 0.300. The second kappa shape index (κ2) is 15.6. The molecule has 3 aromatic rings. The number of nitrogens with zero attached hydrogens (tertiary/aromatic N) is 4. The molecule has 5 rings (SSSR count). The maximum absolute atomic E-state index is 6.00. The van der Waals surface area contributed by atoms with Crippen LogP contribution in [0.3, 0.4) is 0 Å². The fraction of sp³-hybridized carbons (Fsp3) is 0.345. The highest BCUT2D eigenvalue weighted by atomic mass is 35.5. The summed E-state index contributed by atoms with van der Waals surface area (Å²) in [5.41, 5.74) is 3.93. The van der Waals surface area contributed by atoms with E-state index >= 15 is 0 Å². The molecule has 0 aromatic heterocycles. The number of hydrazone groups is 1. The van der Waals surface area contributed by atoms with E-state index in [1.54, 1.807) is 0 Å². The normalized spacial score (nSPS) is 16.9. The zero-order valence-corrected chi connectivity index (χ0v) is 25.1. The predicted octanol–water partition coefficient (Wildman–Crippen LogP) is 6.29. The van der Waals surface area contributed by atoms with Gasteiger partial charge in [-0.3, -0.25) is 9.91 Å². The standard InChI is InChI=1S/C29H34N4OS.3ClH/c1-31(2)19-20-34-27-12-6-3-10-24(27)22-30-33-17-15-32(16-18-33)26-21-23-9-4-7-13-28(23)35-29-14-8-5-11-25(26)29;;;/h3-14,22,26H,15-21H2,1-2H3;3*1H. The molecule has 1 unspecified atom stereocenters. The maximum atomic E-state index is 6.00. The largest absolute Gasteiger partial charge is 0.492 e. The van der Waals surface area contributed by atoms with Crippen molar-refractivity contribution in [1.82, 2.24) is 14.8 Å². The molecule has 2 aliphatic rings. The molecule has 9 heteroatoms. The van der Waals surface area contributed by atoms with E-state index in [9.17, 15) is 0 Å². The van der Waals surface area contributed by atoms with Gasteiger partial charge in [0, 0.05) is 54.1 Å². The second-order valence-corrected chi connectivity index (χ2v) is 10.5. The number of para-hydroxylation sites is 1. The van der Waals surface area contributed by atoms with Crippen LogP contribution in [-0.2, 0) is 6.42 Å². The van der Waals surface area contributed by atoms with Crippen molar-refractivity contribution in [2.75, 3.05) is 53.4 Å². The van der Waals surface area contributed by atoms with Gasteiger partial charge in [0.25, 0.3) is 0 Å². The topological polar surface area (TPSA) is 31.3 Å². The first-order valence-corrected chi connectivity index (χ1v) is 13.2. The fourth-order valence-corrected chi connectivity index (χ4v) is 5.86. The van der Waals surface area contributed by atoms with Gasteiger partial charge in [0.1, 0.15) is 12.4 Å². The van der Waals surface area contributed by atoms with Crippen LogP contribution in [0.4, 0.5) is 0 Å².